The number of esters is 2. The molecule has 1 aromatic carbocycles. The zero-order valence-electron chi connectivity index (χ0n) is 33.6. The summed E-state index contributed by atoms with van der Waals surface area (Å²) in [5.74, 6) is -4.51. The topological polar surface area (TPSA) is 218 Å². The van der Waals surface area contributed by atoms with E-state index >= 15 is 0 Å². The zero-order valence-corrected chi connectivity index (χ0v) is 43.1. The molecule has 6 N–H and O–H groups in total. The molecule has 304 valence electrons. The number of rotatable bonds is 8. The fraction of sp³-hybridized carbons (Fsp3) is 0.650. The third kappa shape index (κ3) is 8.97. The van der Waals surface area contributed by atoms with Gasteiger partial charge in [-0.05, 0) is 56.4 Å². The van der Waals surface area contributed by atoms with Crippen molar-refractivity contribution in [2.75, 3.05) is 13.2 Å². The Morgan fingerprint density at radius 2 is 1.64 bits per heavy atom. The van der Waals surface area contributed by atoms with Gasteiger partial charge in [0.25, 0.3) is 0 Å². The van der Waals surface area contributed by atoms with Crippen molar-refractivity contribution in [3.63, 3.8) is 0 Å². The van der Waals surface area contributed by atoms with Crippen LogP contribution in [0.3, 0.4) is 0 Å². The van der Waals surface area contributed by atoms with Gasteiger partial charge in [-0.25, -0.2) is 14.4 Å². The predicted molar refractivity (Wildman–Crippen MR) is 193 cm³/mol. The monoisotopic (exact) mass is 1210 g/mol. The van der Waals surface area contributed by atoms with Crippen LogP contribution in [0.2, 0.25) is 0 Å². The molecule has 4 aliphatic rings. The van der Waals surface area contributed by atoms with Crippen LogP contribution in [-0.2, 0) is 28.5 Å². The summed E-state index contributed by atoms with van der Waals surface area (Å²) in [6, 6.07) is 6.60. The number of aliphatic hydroxyl groups excluding tert-OH is 3. The van der Waals surface area contributed by atoms with Crippen LogP contribution < -0.4 is 5.32 Å². The Balaban J connectivity index is 0.00000420. The maximum Gasteiger partial charge on any atom is 0.407 e. The molecule has 5 rings (SSSR count). The number of hydrogen-bond acceptors (Lipinski definition) is 13. The molecule has 1 heterocycles. The van der Waals surface area contributed by atoms with Gasteiger partial charge in [0.1, 0.15) is 29.5 Å². The first-order valence-corrected chi connectivity index (χ1v) is 18.3. The second-order valence-electron chi connectivity index (χ2n) is 17.5. The summed E-state index contributed by atoms with van der Waals surface area (Å²) in [5, 5.41) is 62.8. The minimum Gasteiger partial charge on any atom is -0.456 e. The molecule has 2 saturated carbocycles. The average molecular weight is 1210 g/mol. The quantitative estimate of drug-likeness (QED) is 0.126. The number of alkyl carbamates (subject to hydrolysis) is 1. The van der Waals surface area contributed by atoms with E-state index in [-0.39, 0.29) is 130 Å². The molecule has 56 heavy (non-hydrogen) atoms. The molecule has 1 aromatic rings. The number of hydrogen-bond donors (Lipinski definition) is 6. The van der Waals surface area contributed by atoms with Gasteiger partial charge in [-0.1, -0.05) is 64.5 Å². The number of benzene rings is 1. The van der Waals surface area contributed by atoms with E-state index in [1.807, 2.05) is 20.8 Å². The van der Waals surface area contributed by atoms with Crippen LogP contribution in [0, 0.1) is 110 Å². The molecule has 1 aliphatic heterocycles. The molecular weight excluding hydrogens is 1160 g/mol. The van der Waals surface area contributed by atoms with Crippen LogP contribution in [0.1, 0.15) is 85.5 Å². The largest absolute Gasteiger partial charge is 0.456 e. The van der Waals surface area contributed by atoms with E-state index in [2.05, 4.69) is 5.32 Å². The van der Waals surface area contributed by atoms with Crippen LogP contribution >= 0.6 is 0 Å². The number of carbonyl (C=O) groups excluding carboxylic acids is 4. The molecule has 0 aromatic heterocycles. The van der Waals surface area contributed by atoms with Gasteiger partial charge in [0, 0.05) is 112 Å². The molecule has 14 nitrogen and oxygen atoms in total. The Hall–Kier alpha value is -0.777. The summed E-state index contributed by atoms with van der Waals surface area (Å²) in [7, 11) is 0. The van der Waals surface area contributed by atoms with Crippen molar-refractivity contribution in [2.24, 2.45) is 22.2 Å². The fourth-order valence-corrected chi connectivity index (χ4v) is 8.76. The molecule has 1 amide bonds. The van der Waals surface area contributed by atoms with Crippen molar-refractivity contribution < 1.29 is 152 Å². The van der Waals surface area contributed by atoms with E-state index in [4.69, 9.17) is 18.9 Å². The Labute approximate surface area is 399 Å². The number of ether oxygens (including phenoxy) is 4. The van der Waals surface area contributed by atoms with E-state index in [0.717, 1.165) is 0 Å². The van der Waals surface area contributed by atoms with E-state index in [1.165, 1.54) is 32.1 Å². The first kappa shape index (κ1) is 49.6. The maximum atomic E-state index is 14.6. The van der Waals surface area contributed by atoms with Gasteiger partial charge < -0.3 is 49.8 Å². The predicted octanol–water partition coefficient (Wildman–Crippen LogP) is 2.53. The van der Waals surface area contributed by atoms with Gasteiger partial charge in [0.2, 0.25) is 0 Å². The number of ketones is 1. The second kappa shape index (κ2) is 18.1. The fourth-order valence-electron chi connectivity index (χ4n) is 8.76. The first-order chi connectivity index (χ1) is 24.9. The van der Waals surface area contributed by atoms with Crippen LogP contribution in [0.4, 0.5) is 4.79 Å². The molecule has 9 unspecified atom stereocenters. The number of Topliss-reactive ketones (excluding diaryl/α,β-unsaturated/α-hetero) is 1. The van der Waals surface area contributed by atoms with Crippen molar-refractivity contribution in [1.82, 2.24) is 5.32 Å². The zero-order chi connectivity index (χ0) is 40.3. The molecule has 0 spiro atoms. The number of amides is 1. The average Bonchev–Trinajstić information content (AvgIpc) is 3.08. The molecule has 3 aliphatic carbocycles. The van der Waals surface area contributed by atoms with Crippen molar-refractivity contribution in [2.45, 2.75) is 129 Å². The number of aliphatic hydroxyl groups is 5. The van der Waals surface area contributed by atoms with Gasteiger partial charge in [0.15, 0.2) is 11.9 Å². The smallest absolute Gasteiger partial charge is 0.407 e. The third-order valence-electron chi connectivity index (χ3n) is 11.9. The number of nitrogens with one attached hydrogen (secondary N) is 1. The molecule has 16 heteroatoms. The minimum atomic E-state index is -2.29. The normalized spacial score (nSPS) is 34.1. The molecule has 2 radical (unpaired) electrons. The molecule has 3 fully saturated rings. The summed E-state index contributed by atoms with van der Waals surface area (Å²) < 4.78 is 23.0. The van der Waals surface area contributed by atoms with E-state index < -0.39 is 101 Å². The van der Waals surface area contributed by atoms with Crippen molar-refractivity contribution in [3.8, 4) is 0 Å². The van der Waals surface area contributed by atoms with E-state index in [1.54, 1.807) is 45.9 Å². The van der Waals surface area contributed by atoms with Crippen LogP contribution in [0.15, 0.2) is 53.1 Å². The number of fused-ring (bicyclic) bond motifs is 5. The van der Waals surface area contributed by atoms with Crippen LogP contribution in [0.25, 0.3) is 0 Å². The third-order valence-corrected chi connectivity index (χ3v) is 11.9. The second-order valence-corrected chi connectivity index (χ2v) is 17.5. The van der Waals surface area contributed by atoms with Crippen LogP contribution in [-0.4, -0.2) is 116 Å². The standard InChI is InChI=1S/C40H55NO13.2Ac/c1-20(2)15-23(41-35(48)52-18-36(4,5)6)28(43)34(47)53-24-17-40(50)32(54-33(46)22-13-11-10-12-14-22)30-38(9,25(42)16-26-39(30,49)19-51-26)31(45)29(44)27(21(24)3)37(40,7)8;;/h10-15,23-26,28-30,32,42-44,49-50H,16-19H2,1-9H3,(H,41,48);;/t23?,24?,25?,26?,28?,29?,30?,32?,38-,39+,40?;;/m1../s1. The minimum absolute atomic E-state index is 0. The number of allylic oxidation sites excluding steroid dienone is 1. The maximum absolute atomic E-state index is 14.6. The summed E-state index contributed by atoms with van der Waals surface area (Å²) in [4.78, 5) is 55.0. The molecular formula is C40H55Ac2NO13. The van der Waals surface area contributed by atoms with E-state index in [9.17, 15) is 44.7 Å². The van der Waals surface area contributed by atoms with Crippen molar-refractivity contribution in [1.29, 1.82) is 0 Å². The van der Waals surface area contributed by atoms with Crippen molar-refractivity contribution >= 4 is 23.8 Å². The van der Waals surface area contributed by atoms with Gasteiger partial charge >= 0.3 is 18.0 Å². The molecule has 11 atom stereocenters. The summed E-state index contributed by atoms with van der Waals surface area (Å²) in [6.45, 7) is 14.7. The van der Waals surface area contributed by atoms with Gasteiger partial charge in [0.05, 0.1) is 42.4 Å². The van der Waals surface area contributed by atoms with E-state index in [0.29, 0.717) is 5.57 Å². The summed E-state index contributed by atoms with van der Waals surface area (Å²) in [5.41, 5.74) is -7.19. The Bertz CT molecular complexity index is 1720. The Morgan fingerprint density at radius 3 is 2.18 bits per heavy atom. The first-order valence-electron chi connectivity index (χ1n) is 18.3. The van der Waals surface area contributed by atoms with Crippen molar-refractivity contribution in [3.05, 3.63) is 58.7 Å². The van der Waals surface area contributed by atoms with Gasteiger partial charge in [-0.3, -0.25) is 4.79 Å². The molecule has 1 saturated heterocycles. The summed E-state index contributed by atoms with van der Waals surface area (Å²) in [6.07, 6.45) is -9.66. The Morgan fingerprint density at radius 1 is 1.04 bits per heavy atom. The van der Waals surface area contributed by atoms with Gasteiger partial charge in [-0.2, -0.15) is 0 Å². The number of carbonyl (C=O) groups is 4. The molecule has 2 bridgehead atoms. The van der Waals surface area contributed by atoms with Gasteiger partial charge in [-0.15, -0.1) is 0 Å². The summed E-state index contributed by atoms with van der Waals surface area (Å²) >= 11 is 0. The SMILES string of the molecule is CC(C)=CC(NC(=O)OCC(C)(C)C)C(O)C(=O)OC1CC2(O)C(OC(=O)c3ccccc3)C3[C@]4(O)COC4CC(O)[C@@]3(C)C(=O)C(O)C(=C1C)C2(C)C.[Ac].[Ac]. The Kier molecular flexibility index (Phi) is 16.0. The van der Waals surface area contributed by atoms with Crippen LogP contribution in [0.5, 0.6) is 0 Å².